The van der Waals surface area contributed by atoms with Gasteiger partial charge in [-0.15, -0.1) is 0 Å². The van der Waals surface area contributed by atoms with Crippen molar-refractivity contribution >= 4 is 5.91 Å². The van der Waals surface area contributed by atoms with Crippen molar-refractivity contribution in [3.8, 4) is 0 Å². The van der Waals surface area contributed by atoms with Crippen LogP contribution in [0.25, 0.3) is 0 Å². The minimum atomic E-state index is 0.460. The molecule has 2 aliphatic heterocycles. The maximum Gasteiger partial charge on any atom is 0.223 e. The molecule has 4 rings (SSSR count). The van der Waals surface area contributed by atoms with Gasteiger partial charge in [-0.1, -0.05) is 6.92 Å². The van der Waals surface area contributed by atoms with Crippen LogP contribution in [0.3, 0.4) is 0 Å². The second-order valence-electron chi connectivity index (χ2n) is 7.06. The summed E-state index contributed by atoms with van der Waals surface area (Å²) in [5, 5.41) is 3.40. The topological polar surface area (TPSA) is 32.3 Å². The van der Waals surface area contributed by atoms with Crippen LogP contribution >= 0.6 is 0 Å². The molecule has 0 radical (unpaired) electrons. The third-order valence-corrected chi connectivity index (χ3v) is 6.33. The molecule has 6 unspecified atom stereocenters. The van der Waals surface area contributed by atoms with Gasteiger partial charge >= 0.3 is 0 Å². The molecular formula is C15H24N2O. The van der Waals surface area contributed by atoms with Crippen molar-refractivity contribution in [1.29, 1.82) is 0 Å². The first-order chi connectivity index (χ1) is 8.74. The van der Waals surface area contributed by atoms with E-state index < -0.39 is 0 Å². The smallest absolute Gasteiger partial charge is 0.223 e. The maximum absolute atomic E-state index is 12.5. The van der Waals surface area contributed by atoms with Crippen LogP contribution in [0.2, 0.25) is 0 Å². The van der Waals surface area contributed by atoms with Crippen LogP contribution in [-0.2, 0) is 4.79 Å². The molecule has 4 bridgehead atoms. The van der Waals surface area contributed by atoms with E-state index in [1.807, 2.05) is 0 Å². The molecule has 0 spiro atoms. The molecule has 0 aromatic heterocycles. The Hall–Kier alpha value is -0.570. The minimum Gasteiger partial charge on any atom is -0.334 e. The van der Waals surface area contributed by atoms with Crippen molar-refractivity contribution in [1.82, 2.24) is 10.2 Å². The van der Waals surface area contributed by atoms with Gasteiger partial charge in [0.05, 0.1) is 0 Å². The molecule has 6 atom stereocenters. The standard InChI is InChI=1S/C15H24N2O/c1-9-10-2-3-11(4-10)14(9)6-15(18)17-12-5-13(17)8-16-7-12/h9-14,16H,2-8H2,1H3. The predicted molar refractivity (Wildman–Crippen MR) is 70.0 cm³/mol. The minimum absolute atomic E-state index is 0.460. The largest absolute Gasteiger partial charge is 0.334 e. The predicted octanol–water partition coefficient (Wildman–Crippen LogP) is 1.63. The fourth-order valence-corrected chi connectivity index (χ4v) is 5.25. The van der Waals surface area contributed by atoms with Crippen LogP contribution in [-0.4, -0.2) is 36.0 Å². The monoisotopic (exact) mass is 248 g/mol. The molecule has 4 fully saturated rings. The van der Waals surface area contributed by atoms with Gasteiger partial charge < -0.3 is 10.2 Å². The highest BCUT2D eigenvalue weighted by molar-refractivity contribution is 5.78. The van der Waals surface area contributed by atoms with Crippen molar-refractivity contribution in [2.45, 2.75) is 51.1 Å². The Balaban J connectivity index is 1.41. The summed E-state index contributed by atoms with van der Waals surface area (Å²) in [6.07, 6.45) is 6.31. The molecule has 2 heterocycles. The highest BCUT2D eigenvalue weighted by atomic mass is 16.2. The number of hydrogen-bond acceptors (Lipinski definition) is 2. The zero-order valence-electron chi connectivity index (χ0n) is 11.3. The first-order valence-corrected chi connectivity index (χ1v) is 7.76. The Bertz CT molecular complexity index is 354. The zero-order chi connectivity index (χ0) is 12.3. The molecule has 100 valence electrons. The van der Waals surface area contributed by atoms with Gasteiger partial charge in [0.1, 0.15) is 0 Å². The van der Waals surface area contributed by atoms with Crippen LogP contribution in [0.1, 0.15) is 39.0 Å². The average Bonchev–Trinajstić information content (AvgIpc) is 2.94. The summed E-state index contributed by atoms with van der Waals surface area (Å²) in [4.78, 5) is 14.7. The second-order valence-corrected chi connectivity index (χ2v) is 7.06. The lowest BCUT2D eigenvalue weighted by atomic mass is 9.77. The summed E-state index contributed by atoms with van der Waals surface area (Å²) in [5.41, 5.74) is 0. The van der Waals surface area contributed by atoms with Crippen LogP contribution in [0, 0.1) is 23.7 Å². The van der Waals surface area contributed by atoms with Gasteiger partial charge in [-0.3, -0.25) is 4.79 Å². The number of nitrogens with zero attached hydrogens (tertiary/aromatic N) is 1. The van der Waals surface area contributed by atoms with Gasteiger partial charge in [-0.05, 0) is 49.4 Å². The fourth-order valence-electron chi connectivity index (χ4n) is 5.25. The molecule has 0 aromatic rings. The summed E-state index contributed by atoms with van der Waals surface area (Å²) in [7, 11) is 0. The summed E-state index contributed by atoms with van der Waals surface area (Å²) in [5.74, 6) is 3.76. The maximum atomic E-state index is 12.5. The molecular weight excluding hydrogens is 224 g/mol. The van der Waals surface area contributed by atoms with E-state index in [-0.39, 0.29) is 0 Å². The van der Waals surface area contributed by atoms with E-state index in [1.165, 1.54) is 25.7 Å². The summed E-state index contributed by atoms with van der Waals surface area (Å²) < 4.78 is 0. The van der Waals surface area contributed by atoms with Gasteiger partial charge in [0.2, 0.25) is 5.91 Å². The quantitative estimate of drug-likeness (QED) is 0.805. The summed E-state index contributed by atoms with van der Waals surface area (Å²) in [6, 6.07) is 1.04. The van der Waals surface area contributed by atoms with E-state index >= 15 is 0 Å². The Morgan fingerprint density at radius 3 is 2.50 bits per heavy atom. The number of amides is 1. The van der Waals surface area contributed by atoms with E-state index in [2.05, 4.69) is 17.1 Å². The van der Waals surface area contributed by atoms with Gasteiger partial charge in [0.15, 0.2) is 0 Å². The van der Waals surface area contributed by atoms with Gasteiger partial charge in [-0.25, -0.2) is 0 Å². The van der Waals surface area contributed by atoms with E-state index in [0.29, 0.717) is 23.9 Å². The normalized spacial score (nSPS) is 49.3. The van der Waals surface area contributed by atoms with Crippen LogP contribution in [0.4, 0.5) is 0 Å². The Labute approximate surface area is 109 Å². The highest BCUT2D eigenvalue weighted by Crippen LogP contribution is 2.53. The number of hydrogen-bond donors (Lipinski definition) is 1. The number of carbonyl (C=O) groups excluding carboxylic acids is 1. The van der Waals surface area contributed by atoms with Crippen molar-refractivity contribution in [3.63, 3.8) is 0 Å². The number of rotatable bonds is 2. The van der Waals surface area contributed by atoms with Crippen LogP contribution in [0.15, 0.2) is 0 Å². The molecule has 3 nitrogen and oxygen atoms in total. The first kappa shape index (κ1) is 11.3. The van der Waals surface area contributed by atoms with Gasteiger partial charge in [0, 0.05) is 31.6 Å². The van der Waals surface area contributed by atoms with E-state index in [9.17, 15) is 4.79 Å². The Kier molecular flexibility index (Phi) is 2.48. The number of piperazine rings is 1. The third kappa shape index (κ3) is 1.49. The molecule has 2 aliphatic carbocycles. The third-order valence-electron chi connectivity index (χ3n) is 6.33. The van der Waals surface area contributed by atoms with Crippen molar-refractivity contribution in [2.24, 2.45) is 23.7 Å². The molecule has 3 heteroatoms. The lowest BCUT2D eigenvalue weighted by molar-refractivity contribution is -0.149. The van der Waals surface area contributed by atoms with Gasteiger partial charge in [-0.2, -0.15) is 0 Å². The highest BCUT2D eigenvalue weighted by Gasteiger charge is 2.49. The molecule has 0 aromatic carbocycles. The zero-order valence-corrected chi connectivity index (χ0v) is 11.3. The fraction of sp³-hybridized carbons (Fsp3) is 0.933. The average molecular weight is 248 g/mol. The molecule has 1 N–H and O–H groups in total. The van der Waals surface area contributed by atoms with Crippen molar-refractivity contribution < 1.29 is 4.79 Å². The van der Waals surface area contributed by atoms with Crippen molar-refractivity contribution in [2.75, 3.05) is 13.1 Å². The van der Waals surface area contributed by atoms with Crippen LogP contribution < -0.4 is 5.32 Å². The number of piperidine rings is 1. The van der Waals surface area contributed by atoms with E-state index in [4.69, 9.17) is 0 Å². The molecule has 18 heavy (non-hydrogen) atoms. The Morgan fingerprint density at radius 2 is 1.89 bits per heavy atom. The Morgan fingerprint density at radius 1 is 1.17 bits per heavy atom. The number of fused-ring (bicyclic) bond motifs is 4. The molecule has 2 saturated carbocycles. The van der Waals surface area contributed by atoms with E-state index in [1.54, 1.807) is 0 Å². The summed E-state index contributed by atoms with van der Waals surface area (Å²) in [6.45, 7) is 4.43. The lowest BCUT2D eigenvalue weighted by Crippen LogP contribution is -2.69. The number of nitrogens with one attached hydrogen (secondary N) is 1. The lowest BCUT2D eigenvalue weighted by Gasteiger charge is -2.53. The SMILES string of the molecule is CC1C2CCC(C2)C1CC(=O)N1C2CNCC1C2. The number of carbonyl (C=O) groups is 1. The second kappa shape index (κ2) is 3.96. The van der Waals surface area contributed by atoms with E-state index in [0.717, 1.165) is 37.3 Å². The first-order valence-electron chi connectivity index (χ1n) is 7.76. The van der Waals surface area contributed by atoms with Crippen molar-refractivity contribution in [3.05, 3.63) is 0 Å². The molecule has 4 aliphatic rings. The summed E-state index contributed by atoms with van der Waals surface area (Å²) >= 11 is 0. The molecule has 2 saturated heterocycles. The van der Waals surface area contributed by atoms with Gasteiger partial charge in [0.25, 0.3) is 0 Å². The van der Waals surface area contributed by atoms with Crippen LogP contribution in [0.5, 0.6) is 0 Å². The molecule has 1 amide bonds.